The smallest absolute Gasteiger partial charge is 0.137 e. The largest absolute Gasteiger partial charge is 0.456 e. The maximum absolute atomic E-state index is 6.40. The summed E-state index contributed by atoms with van der Waals surface area (Å²) in [5, 5.41) is 7.28. The molecule has 0 fully saturated rings. The summed E-state index contributed by atoms with van der Waals surface area (Å²) in [6.45, 7) is 0. The molecule has 0 unspecified atom stereocenters. The molecule has 3 heteroatoms. The van der Waals surface area contributed by atoms with Crippen molar-refractivity contribution in [1.29, 1.82) is 0 Å². The molecular weight excluding hydrogens is 615 g/mol. The van der Waals surface area contributed by atoms with Gasteiger partial charge in [-0.05, 0) is 76.0 Å². The first kappa shape index (κ1) is 27.9. The normalized spacial score (nSPS) is 11.7. The Kier molecular flexibility index (Phi) is 6.39. The number of hydrogen-bond donors (Lipinski definition) is 0. The highest BCUT2D eigenvalue weighted by Gasteiger charge is 2.20. The van der Waals surface area contributed by atoms with Gasteiger partial charge in [-0.3, -0.25) is 0 Å². The molecule has 0 radical (unpaired) electrons. The minimum Gasteiger partial charge on any atom is -0.456 e. The van der Waals surface area contributed by atoms with Gasteiger partial charge in [0.1, 0.15) is 11.2 Å². The lowest BCUT2D eigenvalue weighted by atomic mass is 9.92. The summed E-state index contributed by atoms with van der Waals surface area (Å²) in [4.78, 5) is 2.36. The second-order valence-electron chi connectivity index (χ2n) is 12.5. The van der Waals surface area contributed by atoms with E-state index in [2.05, 4.69) is 169 Å². The van der Waals surface area contributed by atoms with Crippen LogP contribution in [0, 0.1) is 0 Å². The van der Waals surface area contributed by atoms with Crippen molar-refractivity contribution in [1.82, 2.24) is 0 Å². The van der Waals surface area contributed by atoms with Gasteiger partial charge in [-0.1, -0.05) is 121 Å². The molecule has 2 nitrogen and oxygen atoms in total. The van der Waals surface area contributed by atoms with Crippen molar-refractivity contribution >= 4 is 81.3 Å². The summed E-state index contributed by atoms with van der Waals surface area (Å²) >= 11 is 1.87. The number of hydrogen-bond acceptors (Lipinski definition) is 3. The van der Waals surface area contributed by atoms with Crippen LogP contribution in [0.4, 0.5) is 17.1 Å². The third-order valence-corrected chi connectivity index (χ3v) is 10.9. The monoisotopic (exact) mass is 643 g/mol. The van der Waals surface area contributed by atoms with E-state index in [1.807, 2.05) is 23.5 Å². The van der Waals surface area contributed by atoms with Crippen molar-refractivity contribution in [3.8, 4) is 22.3 Å². The molecule has 8 aromatic carbocycles. The van der Waals surface area contributed by atoms with E-state index in [1.165, 1.54) is 53.2 Å². The minimum absolute atomic E-state index is 0.876. The molecule has 2 heterocycles. The standard InChI is InChI=1S/C46H29NOS/c1-2-12-31(13-3-1)42-28-34(23-25-36(42)40-17-10-18-41-39-16-7-9-20-45(39)49-46(40)41)47(33-22-21-30-11-4-5-14-32(30)27-33)35-24-26-38-37-15-6-8-19-43(37)48-44(38)29-35/h1-29H. The fourth-order valence-corrected chi connectivity index (χ4v) is 8.57. The van der Waals surface area contributed by atoms with Crippen LogP contribution < -0.4 is 4.90 Å². The highest BCUT2D eigenvalue weighted by Crippen LogP contribution is 2.46. The Balaban J connectivity index is 1.22. The van der Waals surface area contributed by atoms with Crippen LogP contribution in [0.15, 0.2) is 180 Å². The summed E-state index contributed by atoms with van der Waals surface area (Å²) in [5.74, 6) is 0. The average Bonchev–Trinajstić information content (AvgIpc) is 3.73. The molecule has 0 aliphatic carbocycles. The van der Waals surface area contributed by atoms with Gasteiger partial charge in [0, 0.05) is 59.6 Å². The maximum atomic E-state index is 6.40. The van der Waals surface area contributed by atoms with Crippen molar-refractivity contribution in [2.24, 2.45) is 0 Å². The molecule has 0 N–H and O–H groups in total. The Labute approximate surface area is 287 Å². The van der Waals surface area contributed by atoms with Crippen molar-refractivity contribution in [2.45, 2.75) is 0 Å². The van der Waals surface area contributed by atoms with Crippen LogP contribution in [0.1, 0.15) is 0 Å². The van der Waals surface area contributed by atoms with Crippen molar-refractivity contribution < 1.29 is 4.42 Å². The molecule has 0 saturated carbocycles. The van der Waals surface area contributed by atoms with Gasteiger partial charge in [-0.2, -0.15) is 0 Å². The van der Waals surface area contributed by atoms with E-state index in [4.69, 9.17) is 4.42 Å². The van der Waals surface area contributed by atoms with Gasteiger partial charge in [0.25, 0.3) is 0 Å². The SMILES string of the molecule is c1ccc(-c2cc(N(c3ccc4ccccc4c3)c3ccc4c(c3)oc3ccccc34)ccc2-c2cccc3c2sc2ccccc23)cc1. The highest BCUT2D eigenvalue weighted by molar-refractivity contribution is 7.26. The van der Waals surface area contributed by atoms with Gasteiger partial charge >= 0.3 is 0 Å². The number of anilines is 3. The second-order valence-corrected chi connectivity index (χ2v) is 13.6. The highest BCUT2D eigenvalue weighted by atomic mass is 32.1. The molecule has 0 amide bonds. The topological polar surface area (TPSA) is 16.4 Å². The van der Waals surface area contributed by atoms with Crippen LogP contribution in [0.25, 0.3) is 75.1 Å². The number of para-hydroxylation sites is 1. The quantitative estimate of drug-likeness (QED) is 0.186. The lowest BCUT2D eigenvalue weighted by Gasteiger charge is -2.27. The fraction of sp³-hybridized carbons (Fsp3) is 0. The Hall–Kier alpha value is -6.16. The van der Waals surface area contributed by atoms with Crippen LogP contribution in [0.3, 0.4) is 0 Å². The van der Waals surface area contributed by atoms with Gasteiger partial charge in [-0.25, -0.2) is 0 Å². The number of rotatable bonds is 5. The number of nitrogens with zero attached hydrogens (tertiary/aromatic N) is 1. The van der Waals surface area contributed by atoms with Gasteiger partial charge < -0.3 is 9.32 Å². The summed E-state index contributed by atoms with van der Waals surface area (Å²) in [7, 11) is 0. The van der Waals surface area contributed by atoms with E-state index in [1.54, 1.807) is 0 Å². The third-order valence-electron chi connectivity index (χ3n) is 9.65. The molecule has 0 saturated heterocycles. The zero-order valence-corrected chi connectivity index (χ0v) is 27.3. The number of furan rings is 1. The van der Waals surface area contributed by atoms with Gasteiger partial charge in [-0.15, -0.1) is 11.3 Å². The van der Waals surface area contributed by atoms with Gasteiger partial charge in [0.15, 0.2) is 0 Å². The molecule has 230 valence electrons. The van der Waals surface area contributed by atoms with Crippen LogP contribution in [-0.4, -0.2) is 0 Å². The summed E-state index contributed by atoms with van der Waals surface area (Å²) < 4.78 is 9.02. The first-order chi connectivity index (χ1) is 24.3. The minimum atomic E-state index is 0.876. The molecule has 49 heavy (non-hydrogen) atoms. The Bertz CT molecular complexity index is 2840. The van der Waals surface area contributed by atoms with E-state index in [0.29, 0.717) is 0 Å². The molecule has 0 spiro atoms. The van der Waals surface area contributed by atoms with Gasteiger partial charge in [0.05, 0.1) is 0 Å². The molecule has 0 aliphatic heterocycles. The zero-order valence-electron chi connectivity index (χ0n) is 26.5. The lowest BCUT2D eigenvalue weighted by Crippen LogP contribution is -2.10. The Morgan fingerprint density at radius 2 is 1.06 bits per heavy atom. The second kappa shape index (κ2) is 11.2. The molecule has 0 atom stereocenters. The van der Waals surface area contributed by atoms with E-state index < -0.39 is 0 Å². The first-order valence-corrected chi connectivity index (χ1v) is 17.4. The molecule has 10 rings (SSSR count). The molecular formula is C46H29NOS. The van der Waals surface area contributed by atoms with E-state index in [0.717, 1.165) is 39.0 Å². The van der Waals surface area contributed by atoms with Crippen molar-refractivity contribution in [3.05, 3.63) is 176 Å². The van der Waals surface area contributed by atoms with Crippen molar-refractivity contribution in [3.63, 3.8) is 0 Å². The lowest BCUT2D eigenvalue weighted by molar-refractivity contribution is 0.669. The zero-order chi connectivity index (χ0) is 32.3. The predicted molar refractivity (Wildman–Crippen MR) is 210 cm³/mol. The van der Waals surface area contributed by atoms with Crippen LogP contribution in [0.5, 0.6) is 0 Å². The average molecular weight is 644 g/mol. The first-order valence-electron chi connectivity index (χ1n) is 16.6. The summed E-state index contributed by atoms with van der Waals surface area (Å²) in [6.07, 6.45) is 0. The van der Waals surface area contributed by atoms with Gasteiger partial charge in [0.2, 0.25) is 0 Å². The molecule has 2 aromatic heterocycles. The fourth-order valence-electron chi connectivity index (χ4n) is 7.34. The maximum Gasteiger partial charge on any atom is 0.137 e. The molecule has 10 aromatic rings. The Morgan fingerprint density at radius 1 is 0.388 bits per heavy atom. The Morgan fingerprint density at radius 3 is 1.98 bits per heavy atom. The number of fused-ring (bicyclic) bond motifs is 7. The van der Waals surface area contributed by atoms with Crippen LogP contribution in [-0.2, 0) is 0 Å². The molecule has 0 aliphatic rings. The third kappa shape index (κ3) is 4.62. The van der Waals surface area contributed by atoms with Crippen LogP contribution >= 0.6 is 11.3 Å². The number of benzene rings is 8. The molecule has 0 bridgehead atoms. The van der Waals surface area contributed by atoms with E-state index in [9.17, 15) is 0 Å². The van der Waals surface area contributed by atoms with E-state index >= 15 is 0 Å². The summed E-state index contributed by atoms with van der Waals surface area (Å²) in [6, 6.07) is 63.3. The van der Waals surface area contributed by atoms with E-state index in [-0.39, 0.29) is 0 Å². The van der Waals surface area contributed by atoms with Crippen molar-refractivity contribution in [2.75, 3.05) is 4.90 Å². The van der Waals surface area contributed by atoms with Crippen LogP contribution in [0.2, 0.25) is 0 Å². The summed E-state index contributed by atoms with van der Waals surface area (Å²) in [5.41, 5.74) is 9.84. The number of thiophene rings is 1. The predicted octanol–water partition coefficient (Wildman–Crippen LogP) is 13.9.